The van der Waals surface area contributed by atoms with Crippen molar-refractivity contribution in [2.45, 2.75) is 6.92 Å². The van der Waals surface area contributed by atoms with E-state index in [4.69, 9.17) is 0 Å². The van der Waals surface area contributed by atoms with Crippen LogP contribution in [0.1, 0.15) is 6.92 Å². The molecule has 2 N–H and O–H groups in total. The molecule has 1 heterocycles. The molecule has 1 fully saturated rings. The van der Waals surface area contributed by atoms with Gasteiger partial charge in [0.25, 0.3) is 5.91 Å². The largest absolute Gasteiger partial charge is 0.317 e. The lowest BCUT2D eigenvalue weighted by Gasteiger charge is -2.21. The molecule has 6 heteroatoms. The van der Waals surface area contributed by atoms with Crippen molar-refractivity contribution in [2.75, 3.05) is 18.4 Å². The number of carbonyl (C=O) groups excluding carboxylic acids is 1. The second-order valence-electron chi connectivity index (χ2n) is 4.03. The lowest BCUT2D eigenvalue weighted by molar-refractivity contribution is -0.112. The van der Waals surface area contributed by atoms with Crippen molar-refractivity contribution in [3.8, 4) is 0 Å². The van der Waals surface area contributed by atoms with Gasteiger partial charge in [-0.15, -0.1) is 0 Å². The molecule has 0 atom stereocenters. The Bertz CT molecular complexity index is 514. The number of hydrogen-bond donors (Lipinski definition) is 2. The fraction of sp³-hybridized carbons (Fsp3) is 0.250. The zero-order valence-electron chi connectivity index (χ0n) is 9.61. The maximum absolute atomic E-state index is 13.5. The van der Waals surface area contributed by atoms with Gasteiger partial charge in [0.15, 0.2) is 11.6 Å². The van der Waals surface area contributed by atoms with Crippen LogP contribution in [0, 0.1) is 11.6 Å². The Morgan fingerprint density at radius 3 is 2.33 bits per heavy atom. The van der Waals surface area contributed by atoms with Crippen molar-refractivity contribution in [1.29, 1.82) is 0 Å². The summed E-state index contributed by atoms with van der Waals surface area (Å²) in [4.78, 5) is 11.8. The van der Waals surface area contributed by atoms with Crippen LogP contribution in [0.3, 0.4) is 0 Å². The molecule has 18 heavy (non-hydrogen) atoms. The Morgan fingerprint density at radius 1 is 1.33 bits per heavy atom. The van der Waals surface area contributed by atoms with Crippen molar-refractivity contribution in [1.82, 2.24) is 5.32 Å². The molecule has 0 radical (unpaired) electrons. The minimum Gasteiger partial charge on any atom is -0.317 e. The van der Waals surface area contributed by atoms with Crippen LogP contribution in [-0.4, -0.2) is 19.0 Å². The monoisotopic (exact) mass is 316 g/mol. The molecule has 0 aromatic heterocycles. The Balaban J connectivity index is 2.22. The molecule has 0 aliphatic carbocycles. The summed E-state index contributed by atoms with van der Waals surface area (Å²) in [6, 6.07) is 2.21. The number of amides is 1. The van der Waals surface area contributed by atoms with E-state index in [1.807, 2.05) is 0 Å². The van der Waals surface area contributed by atoms with Gasteiger partial charge in [-0.25, -0.2) is 8.78 Å². The SMILES string of the molecule is CC(C(=O)Nc1c(F)cc(Br)cc1F)=C1CNC1. The summed E-state index contributed by atoms with van der Waals surface area (Å²) in [5, 5.41) is 5.26. The maximum Gasteiger partial charge on any atom is 0.251 e. The smallest absolute Gasteiger partial charge is 0.251 e. The lowest BCUT2D eigenvalue weighted by Crippen LogP contribution is -2.36. The van der Waals surface area contributed by atoms with Gasteiger partial charge in [-0.2, -0.15) is 0 Å². The third-order valence-electron chi connectivity index (χ3n) is 2.79. The Morgan fingerprint density at radius 2 is 1.89 bits per heavy atom. The summed E-state index contributed by atoms with van der Waals surface area (Å²) in [5.41, 5.74) is 1.02. The normalized spacial score (nSPS) is 14.1. The van der Waals surface area contributed by atoms with Gasteiger partial charge >= 0.3 is 0 Å². The quantitative estimate of drug-likeness (QED) is 0.823. The molecule has 0 unspecified atom stereocenters. The van der Waals surface area contributed by atoms with Gasteiger partial charge in [-0.3, -0.25) is 4.79 Å². The summed E-state index contributed by atoms with van der Waals surface area (Å²) in [6.07, 6.45) is 0. The van der Waals surface area contributed by atoms with Gasteiger partial charge in [0.2, 0.25) is 0 Å². The van der Waals surface area contributed by atoms with E-state index in [1.165, 1.54) is 0 Å². The molecule has 1 aromatic rings. The Hall–Kier alpha value is -1.27. The maximum atomic E-state index is 13.5. The summed E-state index contributed by atoms with van der Waals surface area (Å²) in [6.45, 7) is 2.93. The van der Waals surface area contributed by atoms with Crippen LogP contribution in [0.2, 0.25) is 0 Å². The van der Waals surface area contributed by atoms with Crippen molar-refractivity contribution in [3.63, 3.8) is 0 Å². The first-order valence-electron chi connectivity index (χ1n) is 5.34. The third-order valence-corrected chi connectivity index (χ3v) is 3.25. The summed E-state index contributed by atoms with van der Waals surface area (Å²) in [7, 11) is 0. The highest BCUT2D eigenvalue weighted by atomic mass is 79.9. The molecule has 2 rings (SSSR count). The predicted molar refractivity (Wildman–Crippen MR) is 68.3 cm³/mol. The van der Waals surface area contributed by atoms with E-state index < -0.39 is 23.2 Å². The van der Waals surface area contributed by atoms with Crippen LogP contribution < -0.4 is 10.6 Å². The molecule has 1 aromatic carbocycles. The van der Waals surface area contributed by atoms with Crippen LogP contribution in [-0.2, 0) is 4.79 Å². The van der Waals surface area contributed by atoms with Crippen LogP contribution >= 0.6 is 15.9 Å². The number of halogens is 3. The van der Waals surface area contributed by atoms with Gasteiger partial charge in [-0.1, -0.05) is 15.9 Å². The number of benzene rings is 1. The van der Waals surface area contributed by atoms with Crippen molar-refractivity contribution < 1.29 is 13.6 Å². The number of rotatable bonds is 2. The standard InChI is InChI=1S/C12H11BrF2N2O/c1-6(7-4-16-5-7)12(18)17-11-9(14)2-8(13)3-10(11)15/h2-3,16H,4-5H2,1H3,(H,17,18). The first kappa shape index (κ1) is 13.2. The Labute approximate surface area is 111 Å². The molecular formula is C12H11BrF2N2O. The van der Waals surface area contributed by atoms with Gasteiger partial charge in [0.05, 0.1) is 0 Å². The first-order chi connectivity index (χ1) is 8.49. The van der Waals surface area contributed by atoms with Crippen LogP contribution in [0.5, 0.6) is 0 Å². The fourth-order valence-electron chi connectivity index (χ4n) is 1.54. The minimum absolute atomic E-state index is 0.286. The van der Waals surface area contributed by atoms with Gasteiger partial charge < -0.3 is 10.6 Å². The first-order valence-corrected chi connectivity index (χ1v) is 6.13. The topological polar surface area (TPSA) is 41.1 Å². The highest BCUT2D eigenvalue weighted by Gasteiger charge is 2.19. The van der Waals surface area contributed by atoms with E-state index in [2.05, 4.69) is 26.6 Å². The fourth-order valence-corrected chi connectivity index (χ4v) is 1.95. The summed E-state index contributed by atoms with van der Waals surface area (Å²) < 4.78 is 27.3. The van der Waals surface area contributed by atoms with Crippen LogP contribution in [0.15, 0.2) is 27.8 Å². The van der Waals surface area contributed by atoms with E-state index in [0.29, 0.717) is 18.7 Å². The molecule has 1 aliphatic heterocycles. The number of anilines is 1. The number of nitrogens with one attached hydrogen (secondary N) is 2. The highest BCUT2D eigenvalue weighted by Crippen LogP contribution is 2.24. The van der Waals surface area contributed by atoms with Crippen molar-refractivity contribution in [3.05, 3.63) is 39.4 Å². The summed E-state index contributed by atoms with van der Waals surface area (Å²) in [5.74, 6) is -2.09. The molecule has 1 saturated heterocycles. The van der Waals surface area contributed by atoms with E-state index in [-0.39, 0.29) is 4.47 Å². The second-order valence-corrected chi connectivity index (χ2v) is 4.95. The third kappa shape index (κ3) is 2.59. The molecular weight excluding hydrogens is 306 g/mol. The zero-order valence-corrected chi connectivity index (χ0v) is 11.2. The Kier molecular flexibility index (Phi) is 3.77. The molecule has 1 aliphatic rings. The molecule has 96 valence electrons. The summed E-state index contributed by atoms with van der Waals surface area (Å²) >= 11 is 2.98. The van der Waals surface area contributed by atoms with E-state index in [9.17, 15) is 13.6 Å². The predicted octanol–water partition coefficient (Wildman–Crippen LogP) is 2.59. The molecule has 3 nitrogen and oxygen atoms in total. The molecule has 0 spiro atoms. The highest BCUT2D eigenvalue weighted by molar-refractivity contribution is 9.10. The van der Waals surface area contributed by atoms with E-state index >= 15 is 0 Å². The lowest BCUT2D eigenvalue weighted by atomic mass is 10.0. The van der Waals surface area contributed by atoms with Gasteiger partial charge in [0.1, 0.15) is 5.69 Å². The minimum atomic E-state index is -0.806. The second kappa shape index (κ2) is 5.16. The zero-order chi connectivity index (χ0) is 13.3. The van der Waals surface area contributed by atoms with Crippen molar-refractivity contribution in [2.24, 2.45) is 0 Å². The molecule has 1 amide bonds. The average Bonchev–Trinajstić information content (AvgIpc) is 2.20. The van der Waals surface area contributed by atoms with Crippen molar-refractivity contribution >= 4 is 27.5 Å². The van der Waals surface area contributed by atoms with Gasteiger partial charge in [0, 0.05) is 23.1 Å². The van der Waals surface area contributed by atoms with Crippen LogP contribution in [0.25, 0.3) is 0 Å². The number of hydrogen-bond acceptors (Lipinski definition) is 2. The van der Waals surface area contributed by atoms with E-state index in [1.54, 1.807) is 6.92 Å². The van der Waals surface area contributed by atoms with E-state index in [0.717, 1.165) is 17.7 Å². The van der Waals surface area contributed by atoms with Gasteiger partial charge in [-0.05, 0) is 24.6 Å². The molecule has 0 saturated carbocycles. The average molecular weight is 317 g/mol. The molecule has 0 bridgehead atoms. The van der Waals surface area contributed by atoms with Crippen LogP contribution in [0.4, 0.5) is 14.5 Å². The number of carbonyl (C=O) groups is 1.